The first-order valence-electron chi connectivity index (χ1n) is 6.53. The molecule has 2 heterocycles. The van der Waals surface area contributed by atoms with Gasteiger partial charge in [0.05, 0.1) is 19.2 Å². The van der Waals surface area contributed by atoms with Crippen molar-refractivity contribution < 1.29 is 28.5 Å². The number of hydrogen-bond donors (Lipinski definition) is 1. The lowest BCUT2D eigenvalue weighted by Gasteiger charge is -2.28. The van der Waals surface area contributed by atoms with Crippen LogP contribution >= 0.6 is 0 Å². The van der Waals surface area contributed by atoms with Crippen LogP contribution in [0.4, 0.5) is 9.18 Å². The van der Waals surface area contributed by atoms with Crippen LogP contribution in [0.25, 0.3) is 0 Å². The second-order valence-electron chi connectivity index (χ2n) is 4.85. The predicted molar refractivity (Wildman–Crippen MR) is 63.8 cm³/mol. The largest absolute Gasteiger partial charge is 0.465 e. The number of hydrogen-bond acceptors (Lipinski definition) is 4. The molecule has 0 aromatic rings. The van der Waals surface area contributed by atoms with Crippen LogP contribution in [0, 0.1) is 0 Å². The third-order valence-electron chi connectivity index (χ3n) is 3.62. The number of carboxylic acid groups (broad SMARTS) is 1. The Labute approximate surface area is 111 Å². The second-order valence-corrected chi connectivity index (χ2v) is 4.85. The van der Waals surface area contributed by atoms with Crippen LogP contribution in [0.2, 0.25) is 0 Å². The van der Waals surface area contributed by atoms with Crippen molar-refractivity contribution in [2.45, 2.75) is 43.9 Å². The minimum Gasteiger partial charge on any atom is -0.465 e. The Morgan fingerprint density at radius 2 is 2.32 bits per heavy atom. The summed E-state index contributed by atoms with van der Waals surface area (Å²) in [6.45, 7) is 0.570. The molecule has 0 saturated carbocycles. The molecule has 0 spiro atoms. The number of methoxy groups -OCH3 is 1. The van der Waals surface area contributed by atoms with Crippen LogP contribution in [-0.4, -0.2) is 67.6 Å². The molecule has 0 radical (unpaired) electrons. The molecule has 4 atom stereocenters. The van der Waals surface area contributed by atoms with Gasteiger partial charge in [0.15, 0.2) is 6.29 Å². The molecule has 2 fully saturated rings. The highest BCUT2D eigenvalue weighted by atomic mass is 19.1. The SMILES string of the molecule is COC1C(F)CN(C(=O)O)C1COC1CCCCO1. The van der Waals surface area contributed by atoms with Gasteiger partial charge in [0.1, 0.15) is 12.3 Å². The fourth-order valence-electron chi connectivity index (χ4n) is 2.60. The summed E-state index contributed by atoms with van der Waals surface area (Å²) in [6.07, 6.45) is -0.742. The first-order chi connectivity index (χ1) is 9.13. The quantitative estimate of drug-likeness (QED) is 0.837. The Morgan fingerprint density at radius 1 is 1.53 bits per heavy atom. The van der Waals surface area contributed by atoms with Gasteiger partial charge < -0.3 is 19.3 Å². The standard InChI is InChI=1S/C12H20FNO5/c1-17-11-8(13)6-14(12(15)16)9(11)7-19-10-4-2-3-5-18-10/h8-11H,2-7H2,1H3,(H,15,16). The lowest BCUT2D eigenvalue weighted by atomic mass is 10.1. The minimum atomic E-state index is -1.32. The summed E-state index contributed by atoms with van der Waals surface area (Å²) in [7, 11) is 1.38. The molecule has 110 valence electrons. The molecular weight excluding hydrogens is 257 g/mol. The van der Waals surface area contributed by atoms with Gasteiger partial charge in [-0.25, -0.2) is 9.18 Å². The van der Waals surface area contributed by atoms with Crippen LogP contribution < -0.4 is 0 Å². The van der Waals surface area contributed by atoms with E-state index in [2.05, 4.69) is 0 Å². The van der Waals surface area contributed by atoms with E-state index in [0.29, 0.717) is 6.61 Å². The number of nitrogens with zero attached hydrogens (tertiary/aromatic N) is 1. The fourth-order valence-corrected chi connectivity index (χ4v) is 2.60. The molecule has 0 bridgehead atoms. The summed E-state index contributed by atoms with van der Waals surface area (Å²) >= 11 is 0. The van der Waals surface area contributed by atoms with Gasteiger partial charge in [0.25, 0.3) is 0 Å². The zero-order chi connectivity index (χ0) is 13.8. The number of alkyl halides is 1. The maximum Gasteiger partial charge on any atom is 0.407 e. The summed E-state index contributed by atoms with van der Waals surface area (Å²) in [4.78, 5) is 12.1. The lowest BCUT2D eigenvalue weighted by molar-refractivity contribution is -0.173. The molecule has 1 N–H and O–H groups in total. The first kappa shape index (κ1) is 14.5. The third kappa shape index (κ3) is 3.34. The monoisotopic (exact) mass is 277 g/mol. The highest BCUT2D eigenvalue weighted by Crippen LogP contribution is 2.25. The smallest absolute Gasteiger partial charge is 0.407 e. The van der Waals surface area contributed by atoms with Crippen molar-refractivity contribution in [2.75, 3.05) is 26.9 Å². The Kier molecular flexibility index (Phi) is 4.95. The van der Waals surface area contributed by atoms with Gasteiger partial charge in [-0.05, 0) is 19.3 Å². The maximum absolute atomic E-state index is 13.7. The highest BCUT2D eigenvalue weighted by molar-refractivity contribution is 5.66. The second kappa shape index (κ2) is 6.49. The summed E-state index contributed by atoms with van der Waals surface area (Å²) in [5.41, 5.74) is 0. The van der Waals surface area contributed by atoms with Crippen LogP contribution in [0.15, 0.2) is 0 Å². The molecule has 7 heteroatoms. The molecule has 2 rings (SSSR count). The number of rotatable bonds is 4. The van der Waals surface area contributed by atoms with E-state index in [1.165, 1.54) is 7.11 Å². The van der Waals surface area contributed by atoms with Gasteiger partial charge in [0.2, 0.25) is 0 Å². The zero-order valence-corrected chi connectivity index (χ0v) is 11.0. The highest BCUT2D eigenvalue weighted by Gasteiger charge is 2.45. The molecular formula is C12H20FNO5. The van der Waals surface area contributed by atoms with Crippen molar-refractivity contribution in [3.05, 3.63) is 0 Å². The van der Waals surface area contributed by atoms with E-state index in [9.17, 15) is 9.18 Å². The Morgan fingerprint density at radius 3 is 2.89 bits per heavy atom. The average molecular weight is 277 g/mol. The van der Waals surface area contributed by atoms with Crippen molar-refractivity contribution in [3.8, 4) is 0 Å². The van der Waals surface area contributed by atoms with E-state index in [4.69, 9.17) is 19.3 Å². The van der Waals surface area contributed by atoms with Crippen LogP contribution in [-0.2, 0) is 14.2 Å². The topological polar surface area (TPSA) is 68.2 Å². The normalized spacial score (nSPS) is 35.6. The van der Waals surface area contributed by atoms with E-state index in [1.54, 1.807) is 0 Å². The Hall–Kier alpha value is -0.920. The van der Waals surface area contributed by atoms with E-state index in [1.807, 2.05) is 0 Å². The van der Waals surface area contributed by atoms with Crippen molar-refractivity contribution in [1.82, 2.24) is 4.90 Å². The Balaban J connectivity index is 1.91. The van der Waals surface area contributed by atoms with E-state index in [-0.39, 0.29) is 19.4 Å². The van der Waals surface area contributed by atoms with Gasteiger partial charge in [-0.15, -0.1) is 0 Å². The number of carbonyl (C=O) groups is 1. The third-order valence-corrected chi connectivity index (χ3v) is 3.62. The van der Waals surface area contributed by atoms with Crippen molar-refractivity contribution in [3.63, 3.8) is 0 Å². The maximum atomic E-state index is 13.7. The molecule has 0 aromatic heterocycles. The van der Waals surface area contributed by atoms with Crippen molar-refractivity contribution >= 4 is 6.09 Å². The van der Waals surface area contributed by atoms with E-state index in [0.717, 1.165) is 24.2 Å². The molecule has 4 unspecified atom stereocenters. The van der Waals surface area contributed by atoms with Crippen molar-refractivity contribution in [1.29, 1.82) is 0 Å². The van der Waals surface area contributed by atoms with Gasteiger partial charge in [0, 0.05) is 13.7 Å². The predicted octanol–water partition coefficient (Wildman–Crippen LogP) is 1.24. The Bertz CT molecular complexity index is 310. The minimum absolute atomic E-state index is 0.0931. The lowest BCUT2D eigenvalue weighted by Crippen LogP contribution is -2.44. The molecule has 0 aromatic carbocycles. The number of amides is 1. The molecule has 2 aliphatic heterocycles. The summed E-state index contributed by atoms with van der Waals surface area (Å²) in [6, 6.07) is -0.622. The van der Waals surface area contributed by atoms with Gasteiger partial charge in [-0.2, -0.15) is 0 Å². The number of halogens is 1. The van der Waals surface area contributed by atoms with Crippen molar-refractivity contribution in [2.24, 2.45) is 0 Å². The molecule has 2 aliphatic rings. The van der Waals surface area contributed by atoms with Gasteiger partial charge >= 0.3 is 6.09 Å². The molecule has 6 nitrogen and oxygen atoms in total. The van der Waals surface area contributed by atoms with Gasteiger partial charge in [-0.3, -0.25) is 4.90 Å². The molecule has 0 aliphatic carbocycles. The number of ether oxygens (including phenoxy) is 3. The van der Waals surface area contributed by atoms with E-state index >= 15 is 0 Å². The zero-order valence-electron chi connectivity index (χ0n) is 11.0. The molecule has 19 heavy (non-hydrogen) atoms. The fraction of sp³-hybridized carbons (Fsp3) is 0.917. The van der Waals surface area contributed by atoms with Crippen LogP contribution in [0.5, 0.6) is 0 Å². The molecule has 2 saturated heterocycles. The van der Waals surface area contributed by atoms with Crippen LogP contribution in [0.3, 0.4) is 0 Å². The summed E-state index contributed by atoms with van der Waals surface area (Å²) in [5, 5.41) is 9.07. The summed E-state index contributed by atoms with van der Waals surface area (Å²) < 4.78 is 29.7. The van der Waals surface area contributed by atoms with Gasteiger partial charge in [-0.1, -0.05) is 0 Å². The molecule has 1 amide bonds. The van der Waals surface area contributed by atoms with E-state index < -0.39 is 24.4 Å². The number of likely N-dealkylation sites (tertiary alicyclic amines) is 1. The van der Waals surface area contributed by atoms with Crippen LogP contribution in [0.1, 0.15) is 19.3 Å². The summed E-state index contributed by atoms with van der Waals surface area (Å²) in [5.74, 6) is 0. The average Bonchev–Trinajstić information content (AvgIpc) is 2.74. The first-order valence-corrected chi connectivity index (χ1v) is 6.53.